The molecule has 1 saturated heterocycles. The van der Waals surface area contributed by atoms with Crippen molar-refractivity contribution in [3.63, 3.8) is 0 Å². The van der Waals surface area contributed by atoms with Gasteiger partial charge >= 0.3 is 0 Å². The number of carbonyl (C=O) groups excluding carboxylic acids is 2. The lowest BCUT2D eigenvalue weighted by atomic mass is 9.95. The standard InChI is InChI=1S/C19H22N2O3/c1-2-14-5-3-4-6-17(14)20-18(22)15-7-10-21(11-8-15)19(23)16-9-12-24-13-16/h3-6,9,12-13,15H,2,7-8,10-11H2,1H3,(H,20,22). The molecule has 126 valence electrons. The average Bonchev–Trinajstić information content (AvgIpc) is 3.16. The first-order chi connectivity index (χ1) is 11.7. The highest BCUT2D eigenvalue weighted by Gasteiger charge is 2.28. The maximum absolute atomic E-state index is 12.5. The molecule has 0 saturated carbocycles. The van der Waals surface area contributed by atoms with Crippen LogP contribution < -0.4 is 5.32 Å². The molecule has 0 aliphatic carbocycles. The fourth-order valence-electron chi connectivity index (χ4n) is 3.10. The summed E-state index contributed by atoms with van der Waals surface area (Å²) in [5.41, 5.74) is 2.59. The molecule has 3 rings (SSSR count). The molecule has 0 unspecified atom stereocenters. The van der Waals surface area contributed by atoms with Crippen LogP contribution in [0.25, 0.3) is 0 Å². The van der Waals surface area contributed by atoms with E-state index in [1.165, 1.54) is 12.5 Å². The number of rotatable bonds is 4. The van der Waals surface area contributed by atoms with E-state index in [2.05, 4.69) is 12.2 Å². The Morgan fingerprint density at radius 2 is 1.96 bits per heavy atom. The van der Waals surface area contributed by atoms with E-state index >= 15 is 0 Å². The normalized spacial score (nSPS) is 15.3. The van der Waals surface area contributed by atoms with Gasteiger partial charge in [0.2, 0.25) is 5.91 Å². The van der Waals surface area contributed by atoms with Crippen molar-refractivity contribution in [2.75, 3.05) is 18.4 Å². The van der Waals surface area contributed by atoms with E-state index in [0.29, 0.717) is 31.5 Å². The van der Waals surface area contributed by atoms with Crippen LogP contribution in [0.1, 0.15) is 35.7 Å². The van der Waals surface area contributed by atoms with Gasteiger partial charge in [-0.15, -0.1) is 0 Å². The van der Waals surface area contributed by atoms with Crippen LogP contribution in [0.4, 0.5) is 5.69 Å². The Balaban J connectivity index is 1.56. The van der Waals surface area contributed by atoms with E-state index in [0.717, 1.165) is 17.7 Å². The molecule has 0 atom stereocenters. The molecular formula is C19H22N2O3. The maximum atomic E-state index is 12.5. The highest BCUT2D eigenvalue weighted by Crippen LogP contribution is 2.22. The largest absolute Gasteiger partial charge is 0.472 e. The van der Waals surface area contributed by atoms with Gasteiger partial charge in [-0.3, -0.25) is 9.59 Å². The Kier molecular flexibility index (Phi) is 4.99. The molecule has 2 amide bonds. The molecule has 5 nitrogen and oxygen atoms in total. The van der Waals surface area contributed by atoms with Crippen molar-refractivity contribution >= 4 is 17.5 Å². The zero-order valence-corrected chi connectivity index (χ0v) is 13.8. The van der Waals surface area contributed by atoms with Gasteiger partial charge in [-0.25, -0.2) is 0 Å². The summed E-state index contributed by atoms with van der Waals surface area (Å²) in [5.74, 6) is -0.0337. The second-order valence-corrected chi connectivity index (χ2v) is 6.08. The highest BCUT2D eigenvalue weighted by molar-refractivity contribution is 5.95. The number of aryl methyl sites for hydroxylation is 1. The quantitative estimate of drug-likeness (QED) is 0.937. The number of amides is 2. The monoisotopic (exact) mass is 326 g/mol. The fourth-order valence-corrected chi connectivity index (χ4v) is 3.10. The Morgan fingerprint density at radius 1 is 1.21 bits per heavy atom. The van der Waals surface area contributed by atoms with Crippen LogP contribution in [0.2, 0.25) is 0 Å². The summed E-state index contributed by atoms with van der Waals surface area (Å²) in [4.78, 5) is 26.6. The number of hydrogen-bond acceptors (Lipinski definition) is 3. The van der Waals surface area contributed by atoms with Gasteiger partial charge in [-0.05, 0) is 37.0 Å². The third-order valence-electron chi connectivity index (χ3n) is 4.58. The third kappa shape index (κ3) is 3.50. The molecule has 1 fully saturated rings. The number of hydrogen-bond donors (Lipinski definition) is 1. The van der Waals surface area contributed by atoms with Crippen molar-refractivity contribution in [1.29, 1.82) is 0 Å². The molecule has 2 aromatic rings. The molecule has 0 bridgehead atoms. The molecule has 0 radical (unpaired) electrons. The lowest BCUT2D eigenvalue weighted by molar-refractivity contribution is -0.121. The van der Waals surface area contributed by atoms with E-state index in [4.69, 9.17) is 4.42 Å². The summed E-state index contributed by atoms with van der Waals surface area (Å²) < 4.78 is 4.96. The fraction of sp³-hybridized carbons (Fsp3) is 0.368. The first-order valence-corrected chi connectivity index (χ1v) is 8.39. The third-order valence-corrected chi connectivity index (χ3v) is 4.58. The molecule has 0 spiro atoms. The lowest BCUT2D eigenvalue weighted by Crippen LogP contribution is -2.41. The van der Waals surface area contributed by atoms with Gasteiger partial charge in [0.15, 0.2) is 0 Å². The van der Waals surface area contributed by atoms with Crippen LogP contribution in [0.15, 0.2) is 47.3 Å². The van der Waals surface area contributed by atoms with Crippen molar-refractivity contribution in [3.8, 4) is 0 Å². The van der Waals surface area contributed by atoms with Crippen molar-refractivity contribution in [2.45, 2.75) is 26.2 Å². The van der Waals surface area contributed by atoms with E-state index in [1.54, 1.807) is 11.0 Å². The Hall–Kier alpha value is -2.56. The van der Waals surface area contributed by atoms with Gasteiger partial charge in [-0.2, -0.15) is 0 Å². The van der Waals surface area contributed by atoms with Crippen LogP contribution >= 0.6 is 0 Å². The van der Waals surface area contributed by atoms with E-state index in [1.807, 2.05) is 24.3 Å². The van der Waals surface area contributed by atoms with Crippen molar-refractivity contribution in [3.05, 3.63) is 54.0 Å². The van der Waals surface area contributed by atoms with Gasteiger partial charge in [0, 0.05) is 24.7 Å². The number of nitrogens with one attached hydrogen (secondary N) is 1. The number of piperidine rings is 1. The molecule has 1 aliphatic heterocycles. The summed E-state index contributed by atoms with van der Waals surface area (Å²) >= 11 is 0. The van der Waals surface area contributed by atoms with Crippen LogP contribution in [0.3, 0.4) is 0 Å². The maximum Gasteiger partial charge on any atom is 0.257 e. The Morgan fingerprint density at radius 3 is 2.62 bits per heavy atom. The zero-order valence-electron chi connectivity index (χ0n) is 13.8. The predicted octanol–water partition coefficient (Wildman–Crippen LogP) is 3.33. The van der Waals surface area contributed by atoms with E-state index in [-0.39, 0.29) is 17.7 Å². The average molecular weight is 326 g/mol. The predicted molar refractivity (Wildman–Crippen MR) is 91.8 cm³/mol. The van der Waals surface area contributed by atoms with Gasteiger partial charge in [0.25, 0.3) is 5.91 Å². The molecule has 1 aromatic carbocycles. The molecule has 24 heavy (non-hydrogen) atoms. The first-order valence-electron chi connectivity index (χ1n) is 8.39. The number of anilines is 1. The second-order valence-electron chi connectivity index (χ2n) is 6.08. The number of carbonyl (C=O) groups is 2. The van der Waals surface area contributed by atoms with Crippen molar-refractivity contribution in [1.82, 2.24) is 4.90 Å². The van der Waals surface area contributed by atoms with Gasteiger partial charge in [0.05, 0.1) is 11.8 Å². The van der Waals surface area contributed by atoms with Crippen molar-refractivity contribution in [2.24, 2.45) is 5.92 Å². The summed E-state index contributed by atoms with van der Waals surface area (Å²) in [6.45, 7) is 3.26. The number of para-hydroxylation sites is 1. The molecular weight excluding hydrogens is 304 g/mol. The van der Waals surface area contributed by atoms with Crippen LogP contribution in [0.5, 0.6) is 0 Å². The SMILES string of the molecule is CCc1ccccc1NC(=O)C1CCN(C(=O)c2ccoc2)CC1. The number of benzene rings is 1. The zero-order chi connectivity index (χ0) is 16.9. The number of likely N-dealkylation sites (tertiary alicyclic amines) is 1. The minimum Gasteiger partial charge on any atom is -0.472 e. The van der Waals surface area contributed by atoms with Crippen molar-refractivity contribution < 1.29 is 14.0 Å². The van der Waals surface area contributed by atoms with E-state index in [9.17, 15) is 9.59 Å². The molecule has 1 N–H and O–H groups in total. The van der Waals surface area contributed by atoms with Gasteiger partial charge < -0.3 is 14.6 Å². The smallest absolute Gasteiger partial charge is 0.257 e. The van der Waals surface area contributed by atoms with Gasteiger partial charge in [0.1, 0.15) is 6.26 Å². The molecule has 1 aromatic heterocycles. The molecule has 1 aliphatic rings. The minimum absolute atomic E-state index is 0.0288. The second kappa shape index (κ2) is 7.34. The van der Waals surface area contributed by atoms with E-state index < -0.39 is 0 Å². The Bertz CT molecular complexity index is 701. The number of nitrogens with zero attached hydrogens (tertiary/aromatic N) is 1. The van der Waals surface area contributed by atoms with Crippen LogP contribution in [0, 0.1) is 5.92 Å². The van der Waals surface area contributed by atoms with Crippen LogP contribution in [-0.4, -0.2) is 29.8 Å². The topological polar surface area (TPSA) is 62.6 Å². The summed E-state index contributed by atoms with van der Waals surface area (Å²) in [7, 11) is 0. The summed E-state index contributed by atoms with van der Waals surface area (Å²) in [6, 6.07) is 9.55. The minimum atomic E-state index is -0.0525. The lowest BCUT2D eigenvalue weighted by Gasteiger charge is -2.31. The summed E-state index contributed by atoms with van der Waals surface area (Å²) in [5, 5.41) is 3.05. The first kappa shape index (κ1) is 16.3. The number of furan rings is 1. The van der Waals surface area contributed by atoms with Gasteiger partial charge in [-0.1, -0.05) is 25.1 Å². The summed E-state index contributed by atoms with van der Waals surface area (Å²) in [6.07, 6.45) is 5.21. The molecule has 2 heterocycles. The highest BCUT2D eigenvalue weighted by atomic mass is 16.3. The molecule has 5 heteroatoms. The van der Waals surface area contributed by atoms with Crippen LogP contribution in [-0.2, 0) is 11.2 Å². The Labute approximate surface area is 141 Å².